The van der Waals surface area contributed by atoms with Crippen molar-refractivity contribution in [3.63, 3.8) is 0 Å². The van der Waals surface area contributed by atoms with Crippen molar-refractivity contribution in [1.29, 1.82) is 0 Å². The molecular formula is C16H24BrN3O. The second-order valence-electron chi connectivity index (χ2n) is 5.67. The Bertz CT molecular complexity index is 492. The van der Waals surface area contributed by atoms with E-state index in [9.17, 15) is 4.79 Å². The number of halogens is 1. The third-order valence-electron chi connectivity index (χ3n) is 3.90. The van der Waals surface area contributed by atoms with E-state index in [0.717, 1.165) is 36.9 Å². The quantitative estimate of drug-likeness (QED) is 0.842. The zero-order valence-electron chi connectivity index (χ0n) is 12.9. The maximum absolute atomic E-state index is 12.8. The highest BCUT2D eigenvalue weighted by molar-refractivity contribution is 9.10. The zero-order chi connectivity index (χ0) is 15.2. The average Bonchev–Trinajstić information content (AvgIpc) is 2.94. The molecule has 1 aromatic rings. The summed E-state index contributed by atoms with van der Waals surface area (Å²) in [5, 5.41) is 3.25. The molecule has 2 heterocycles. The topological polar surface area (TPSA) is 45.2 Å². The normalized spacial score (nSPS) is 18.0. The summed E-state index contributed by atoms with van der Waals surface area (Å²) in [6, 6.07) is 1.88. The number of amides is 1. The number of rotatable bonds is 6. The standard InChI is InChI=1S/C16H24BrN3O/c1-3-5-12-6-8-20(11-12)16(21)14-9-13(17)10-19-15(14)18-7-4-2/h9-10,12H,3-8,11H2,1-2H3,(H,18,19). The summed E-state index contributed by atoms with van der Waals surface area (Å²) in [5.74, 6) is 1.45. The Balaban J connectivity index is 2.12. The van der Waals surface area contributed by atoms with Crippen molar-refractivity contribution in [1.82, 2.24) is 9.88 Å². The number of likely N-dealkylation sites (tertiary alicyclic amines) is 1. The Morgan fingerprint density at radius 1 is 1.48 bits per heavy atom. The van der Waals surface area contributed by atoms with E-state index >= 15 is 0 Å². The molecule has 1 aliphatic heterocycles. The number of aromatic nitrogens is 1. The minimum atomic E-state index is 0.0982. The van der Waals surface area contributed by atoms with Crippen molar-refractivity contribution in [3.05, 3.63) is 22.3 Å². The van der Waals surface area contributed by atoms with Gasteiger partial charge in [-0.15, -0.1) is 0 Å². The predicted octanol–water partition coefficient (Wildman–Crippen LogP) is 3.93. The van der Waals surface area contributed by atoms with Crippen LogP contribution in [0.15, 0.2) is 16.7 Å². The van der Waals surface area contributed by atoms with Gasteiger partial charge in [0.2, 0.25) is 0 Å². The van der Waals surface area contributed by atoms with Gasteiger partial charge in [0.05, 0.1) is 5.56 Å². The van der Waals surface area contributed by atoms with Crippen LogP contribution in [-0.4, -0.2) is 35.4 Å². The van der Waals surface area contributed by atoms with Gasteiger partial charge in [-0.05, 0) is 47.2 Å². The van der Waals surface area contributed by atoms with Crippen molar-refractivity contribution >= 4 is 27.7 Å². The van der Waals surface area contributed by atoms with Gasteiger partial charge in [0.1, 0.15) is 5.82 Å². The highest BCUT2D eigenvalue weighted by atomic mass is 79.9. The number of anilines is 1. The van der Waals surface area contributed by atoms with Crippen LogP contribution in [-0.2, 0) is 0 Å². The van der Waals surface area contributed by atoms with Gasteiger partial charge in [0, 0.05) is 30.3 Å². The van der Waals surface area contributed by atoms with E-state index in [4.69, 9.17) is 0 Å². The first kappa shape index (κ1) is 16.3. The lowest BCUT2D eigenvalue weighted by atomic mass is 10.0. The number of nitrogens with one attached hydrogen (secondary N) is 1. The summed E-state index contributed by atoms with van der Waals surface area (Å²) in [6.07, 6.45) is 6.26. The Morgan fingerprint density at radius 2 is 2.29 bits per heavy atom. The number of hydrogen-bond acceptors (Lipinski definition) is 3. The summed E-state index contributed by atoms with van der Waals surface area (Å²) in [4.78, 5) is 19.1. The van der Waals surface area contributed by atoms with E-state index in [1.54, 1.807) is 6.20 Å². The molecule has 0 aliphatic carbocycles. The molecule has 1 saturated heterocycles. The fourth-order valence-electron chi connectivity index (χ4n) is 2.82. The molecule has 0 radical (unpaired) electrons. The van der Waals surface area contributed by atoms with Crippen LogP contribution in [0.3, 0.4) is 0 Å². The molecule has 1 N–H and O–H groups in total. The smallest absolute Gasteiger partial charge is 0.257 e. The lowest BCUT2D eigenvalue weighted by Gasteiger charge is -2.19. The van der Waals surface area contributed by atoms with Gasteiger partial charge in [0.25, 0.3) is 5.91 Å². The van der Waals surface area contributed by atoms with Crippen LogP contribution in [0.4, 0.5) is 5.82 Å². The number of hydrogen-bond donors (Lipinski definition) is 1. The number of carbonyl (C=O) groups excluding carboxylic acids is 1. The molecule has 1 unspecified atom stereocenters. The van der Waals surface area contributed by atoms with Crippen LogP contribution in [0.25, 0.3) is 0 Å². The van der Waals surface area contributed by atoms with Gasteiger partial charge in [0.15, 0.2) is 0 Å². The molecule has 0 aromatic carbocycles. The molecule has 1 fully saturated rings. The second-order valence-corrected chi connectivity index (χ2v) is 6.59. The van der Waals surface area contributed by atoms with Crippen molar-refractivity contribution in [2.45, 2.75) is 39.5 Å². The largest absolute Gasteiger partial charge is 0.369 e. The molecule has 0 saturated carbocycles. The van der Waals surface area contributed by atoms with Crippen molar-refractivity contribution < 1.29 is 4.79 Å². The van der Waals surface area contributed by atoms with Crippen molar-refractivity contribution in [2.75, 3.05) is 25.0 Å². The van der Waals surface area contributed by atoms with Gasteiger partial charge in [-0.2, -0.15) is 0 Å². The van der Waals surface area contributed by atoms with Crippen molar-refractivity contribution in [3.8, 4) is 0 Å². The molecule has 1 atom stereocenters. The van der Waals surface area contributed by atoms with E-state index < -0.39 is 0 Å². The summed E-state index contributed by atoms with van der Waals surface area (Å²) < 4.78 is 0.845. The predicted molar refractivity (Wildman–Crippen MR) is 89.6 cm³/mol. The highest BCUT2D eigenvalue weighted by Crippen LogP contribution is 2.25. The number of nitrogens with zero attached hydrogens (tertiary/aromatic N) is 2. The molecule has 2 rings (SSSR count). The fourth-order valence-corrected chi connectivity index (χ4v) is 3.15. The third-order valence-corrected chi connectivity index (χ3v) is 4.33. The molecular weight excluding hydrogens is 330 g/mol. The maximum Gasteiger partial charge on any atom is 0.257 e. The maximum atomic E-state index is 12.8. The molecule has 0 bridgehead atoms. The van der Waals surface area contributed by atoms with E-state index in [0.29, 0.717) is 17.3 Å². The van der Waals surface area contributed by atoms with Crippen LogP contribution in [0.2, 0.25) is 0 Å². The van der Waals surface area contributed by atoms with Crippen LogP contribution in [0.5, 0.6) is 0 Å². The molecule has 116 valence electrons. The molecule has 4 nitrogen and oxygen atoms in total. The first-order chi connectivity index (χ1) is 10.2. The van der Waals surface area contributed by atoms with E-state index in [-0.39, 0.29) is 5.91 Å². The third kappa shape index (κ3) is 4.19. The monoisotopic (exact) mass is 353 g/mol. The summed E-state index contributed by atoms with van der Waals surface area (Å²) >= 11 is 3.42. The molecule has 1 aliphatic rings. The average molecular weight is 354 g/mol. The zero-order valence-corrected chi connectivity index (χ0v) is 14.4. The molecule has 0 spiro atoms. The Kier molecular flexibility index (Phi) is 6.03. The van der Waals surface area contributed by atoms with Gasteiger partial charge in [-0.3, -0.25) is 4.79 Å². The lowest BCUT2D eigenvalue weighted by molar-refractivity contribution is 0.0787. The molecule has 1 aromatic heterocycles. The Morgan fingerprint density at radius 3 is 3.00 bits per heavy atom. The van der Waals surface area contributed by atoms with Crippen LogP contribution < -0.4 is 5.32 Å². The SMILES string of the molecule is CCCNc1ncc(Br)cc1C(=O)N1CCC(CCC)C1. The highest BCUT2D eigenvalue weighted by Gasteiger charge is 2.28. The second kappa shape index (κ2) is 7.78. The first-order valence-corrected chi connectivity index (χ1v) is 8.63. The van der Waals surface area contributed by atoms with Gasteiger partial charge in [-0.1, -0.05) is 20.3 Å². The summed E-state index contributed by atoms with van der Waals surface area (Å²) in [7, 11) is 0. The minimum absolute atomic E-state index is 0.0982. The van der Waals surface area contributed by atoms with E-state index in [2.05, 4.69) is 40.1 Å². The summed E-state index contributed by atoms with van der Waals surface area (Å²) in [5.41, 5.74) is 0.676. The van der Waals surface area contributed by atoms with E-state index in [1.807, 2.05) is 11.0 Å². The lowest BCUT2D eigenvalue weighted by Crippen LogP contribution is -2.29. The van der Waals surface area contributed by atoms with Gasteiger partial charge in [-0.25, -0.2) is 4.98 Å². The number of pyridine rings is 1. The van der Waals surface area contributed by atoms with Crippen molar-refractivity contribution in [2.24, 2.45) is 5.92 Å². The van der Waals surface area contributed by atoms with Gasteiger partial charge < -0.3 is 10.2 Å². The Labute approximate surface area is 135 Å². The first-order valence-electron chi connectivity index (χ1n) is 7.84. The minimum Gasteiger partial charge on any atom is -0.369 e. The number of carbonyl (C=O) groups is 1. The van der Waals surface area contributed by atoms with Crippen LogP contribution in [0.1, 0.15) is 49.9 Å². The van der Waals surface area contributed by atoms with E-state index in [1.165, 1.54) is 12.8 Å². The van der Waals surface area contributed by atoms with Crippen LogP contribution in [0, 0.1) is 5.92 Å². The van der Waals surface area contributed by atoms with Crippen LogP contribution >= 0.6 is 15.9 Å². The molecule has 21 heavy (non-hydrogen) atoms. The molecule has 5 heteroatoms. The molecule has 1 amide bonds. The summed E-state index contributed by atoms with van der Waals surface area (Å²) in [6.45, 7) is 6.88. The Hall–Kier alpha value is -1.10. The van der Waals surface area contributed by atoms with Gasteiger partial charge >= 0.3 is 0 Å². The fraction of sp³-hybridized carbons (Fsp3) is 0.625.